The summed E-state index contributed by atoms with van der Waals surface area (Å²) >= 11 is 0. The summed E-state index contributed by atoms with van der Waals surface area (Å²) in [4.78, 5) is 0. The lowest BCUT2D eigenvalue weighted by Gasteiger charge is -2.17. The molecule has 1 aliphatic rings. The van der Waals surface area contributed by atoms with Gasteiger partial charge in [-0.3, -0.25) is 0 Å². The van der Waals surface area contributed by atoms with Gasteiger partial charge in [0.05, 0.1) is 6.61 Å². The van der Waals surface area contributed by atoms with E-state index in [1.54, 1.807) is 0 Å². The quantitative estimate of drug-likeness (QED) is 0.589. The summed E-state index contributed by atoms with van der Waals surface area (Å²) in [6.07, 6.45) is 2.70. The molecule has 0 spiro atoms. The summed E-state index contributed by atoms with van der Waals surface area (Å²) in [5.41, 5.74) is 0.329. The average molecular weight is 170 g/mol. The Kier molecular flexibility index (Phi) is 3.16. The monoisotopic (exact) mass is 170 g/mol. The van der Waals surface area contributed by atoms with E-state index in [2.05, 4.69) is 27.7 Å². The molecule has 0 N–H and O–H groups in total. The first kappa shape index (κ1) is 10.0. The summed E-state index contributed by atoms with van der Waals surface area (Å²) in [6, 6.07) is 0. The fourth-order valence-electron chi connectivity index (χ4n) is 1.41. The molecule has 72 valence electrons. The van der Waals surface area contributed by atoms with Crippen molar-refractivity contribution in [3.63, 3.8) is 0 Å². The van der Waals surface area contributed by atoms with Crippen molar-refractivity contribution in [3.8, 4) is 0 Å². The highest BCUT2D eigenvalue weighted by atomic mass is 16.5. The minimum Gasteiger partial charge on any atom is -0.381 e. The fourth-order valence-corrected chi connectivity index (χ4v) is 1.41. The van der Waals surface area contributed by atoms with Crippen LogP contribution in [0.1, 0.15) is 40.5 Å². The van der Waals surface area contributed by atoms with Gasteiger partial charge < -0.3 is 4.74 Å². The highest BCUT2D eigenvalue weighted by molar-refractivity contribution is 4.81. The van der Waals surface area contributed by atoms with E-state index in [1.165, 1.54) is 12.8 Å². The van der Waals surface area contributed by atoms with Crippen LogP contribution >= 0.6 is 0 Å². The minimum absolute atomic E-state index is 0.329. The van der Waals surface area contributed by atoms with Crippen molar-refractivity contribution in [2.75, 3.05) is 13.2 Å². The molecule has 0 aliphatic heterocycles. The largest absolute Gasteiger partial charge is 0.381 e. The molecule has 1 nitrogen and oxygen atoms in total. The van der Waals surface area contributed by atoms with Crippen LogP contribution in [0.15, 0.2) is 0 Å². The van der Waals surface area contributed by atoms with Crippen LogP contribution in [-0.2, 0) is 4.74 Å². The molecule has 1 heteroatoms. The van der Waals surface area contributed by atoms with Crippen LogP contribution in [0.2, 0.25) is 0 Å². The molecule has 0 bridgehead atoms. The summed E-state index contributed by atoms with van der Waals surface area (Å²) in [7, 11) is 0. The zero-order valence-corrected chi connectivity index (χ0v) is 8.89. The Labute approximate surface area is 76.5 Å². The van der Waals surface area contributed by atoms with Gasteiger partial charge in [-0.2, -0.15) is 0 Å². The Morgan fingerprint density at radius 2 is 1.92 bits per heavy atom. The average Bonchev–Trinajstić information content (AvgIpc) is 2.57. The van der Waals surface area contributed by atoms with Gasteiger partial charge in [-0.15, -0.1) is 0 Å². The Hall–Kier alpha value is -0.0400. The maximum absolute atomic E-state index is 5.60. The van der Waals surface area contributed by atoms with Gasteiger partial charge in [0.15, 0.2) is 0 Å². The van der Waals surface area contributed by atoms with Crippen LogP contribution in [0.5, 0.6) is 0 Å². The predicted molar refractivity (Wildman–Crippen MR) is 52.2 cm³/mol. The van der Waals surface area contributed by atoms with E-state index in [1.807, 2.05) is 0 Å². The van der Waals surface area contributed by atoms with Gasteiger partial charge in [-0.05, 0) is 30.1 Å². The molecule has 0 heterocycles. The second kappa shape index (κ2) is 3.78. The van der Waals surface area contributed by atoms with Gasteiger partial charge in [0, 0.05) is 6.61 Å². The number of hydrogen-bond donors (Lipinski definition) is 0. The summed E-state index contributed by atoms with van der Waals surface area (Å²) < 4.78 is 5.60. The first-order valence-electron chi connectivity index (χ1n) is 5.07. The molecule has 0 saturated heterocycles. The third kappa shape index (κ3) is 4.10. The number of rotatable bonds is 4. The van der Waals surface area contributed by atoms with Gasteiger partial charge >= 0.3 is 0 Å². The lowest BCUT2D eigenvalue weighted by Crippen LogP contribution is -2.15. The van der Waals surface area contributed by atoms with E-state index in [0.717, 1.165) is 25.0 Å². The molecule has 0 aromatic carbocycles. The second-order valence-corrected chi connectivity index (χ2v) is 5.37. The normalized spacial score (nSPS) is 29.0. The van der Waals surface area contributed by atoms with E-state index < -0.39 is 0 Å². The Balaban J connectivity index is 1.90. The fraction of sp³-hybridized carbons (Fsp3) is 1.00. The molecule has 0 aromatic rings. The minimum atomic E-state index is 0.329. The van der Waals surface area contributed by atoms with Gasteiger partial charge in [-0.1, -0.05) is 27.7 Å². The SMILES string of the molecule is C[C@@H]1C[C@@H]1CCOCC(C)(C)C. The van der Waals surface area contributed by atoms with Crippen molar-refractivity contribution < 1.29 is 4.74 Å². The molecule has 0 unspecified atom stereocenters. The molecule has 1 rings (SSSR count). The molecule has 2 atom stereocenters. The van der Waals surface area contributed by atoms with Crippen LogP contribution < -0.4 is 0 Å². The van der Waals surface area contributed by atoms with E-state index >= 15 is 0 Å². The highest BCUT2D eigenvalue weighted by Gasteiger charge is 2.31. The van der Waals surface area contributed by atoms with Crippen molar-refractivity contribution in [2.24, 2.45) is 17.3 Å². The Morgan fingerprint density at radius 1 is 1.33 bits per heavy atom. The third-order valence-corrected chi connectivity index (χ3v) is 2.44. The third-order valence-electron chi connectivity index (χ3n) is 2.44. The maximum atomic E-state index is 5.60. The lowest BCUT2D eigenvalue weighted by atomic mass is 9.99. The van der Waals surface area contributed by atoms with Crippen LogP contribution in [0.4, 0.5) is 0 Å². The van der Waals surface area contributed by atoms with E-state index in [0.29, 0.717) is 5.41 Å². The first-order chi connectivity index (χ1) is 5.49. The van der Waals surface area contributed by atoms with Crippen molar-refractivity contribution in [1.29, 1.82) is 0 Å². The number of hydrogen-bond acceptors (Lipinski definition) is 1. The highest BCUT2D eigenvalue weighted by Crippen LogP contribution is 2.40. The Bertz CT molecular complexity index is 134. The van der Waals surface area contributed by atoms with E-state index in [-0.39, 0.29) is 0 Å². The summed E-state index contributed by atoms with van der Waals surface area (Å²) in [6.45, 7) is 10.8. The molecule has 0 amide bonds. The van der Waals surface area contributed by atoms with Crippen molar-refractivity contribution in [1.82, 2.24) is 0 Å². The topological polar surface area (TPSA) is 9.23 Å². The molecular formula is C11H22O. The first-order valence-corrected chi connectivity index (χ1v) is 5.07. The number of ether oxygens (including phenoxy) is 1. The molecule has 1 aliphatic carbocycles. The summed E-state index contributed by atoms with van der Waals surface area (Å²) in [5.74, 6) is 1.95. The van der Waals surface area contributed by atoms with Crippen molar-refractivity contribution in [3.05, 3.63) is 0 Å². The van der Waals surface area contributed by atoms with Crippen LogP contribution in [-0.4, -0.2) is 13.2 Å². The van der Waals surface area contributed by atoms with Crippen LogP contribution in [0.25, 0.3) is 0 Å². The van der Waals surface area contributed by atoms with Crippen molar-refractivity contribution in [2.45, 2.75) is 40.5 Å². The molecule has 1 saturated carbocycles. The summed E-state index contributed by atoms with van der Waals surface area (Å²) in [5, 5.41) is 0. The predicted octanol–water partition coefficient (Wildman–Crippen LogP) is 3.10. The second-order valence-electron chi connectivity index (χ2n) is 5.37. The maximum Gasteiger partial charge on any atom is 0.0514 e. The van der Waals surface area contributed by atoms with Gasteiger partial charge in [0.2, 0.25) is 0 Å². The molecule has 1 fully saturated rings. The lowest BCUT2D eigenvalue weighted by molar-refractivity contribution is 0.0669. The molecule has 0 radical (unpaired) electrons. The zero-order chi connectivity index (χ0) is 9.19. The van der Waals surface area contributed by atoms with Gasteiger partial charge in [0.25, 0.3) is 0 Å². The molecule has 12 heavy (non-hydrogen) atoms. The smallest absolute Gasteiger partial charge is 0.0514 e. The van der Waals surface area contributed by atoms with Gasteiger partial charge in [-0.25, -0.2) is 0 Å². The zero-order valence-electron chi connectivity index (χ0n) is 8.89. The van der Waals surface area contributed by atoms with E-state index in [4.69, 9.17) is 4.74 Å². The standard InChI is InChI=1S/C11H22O/c1-9-7-10(9)5-6-12-8-11(2,3)4/h9-10H,5-8H2,1-4H3/t9-,10+/m1/s1. The van der Waals surface area contributed by atoms with E-state index in [9.17, 15) is 0 Å². The molecule has 0 aromatic heterocycles. The molecular weight excluding hydrogens is 148 g/mol. The van der Waals surface area contributed by atoms with Crippen molar-refractivity contribution >= 4 is 0 Å². The van der Waals surface area contributed by atoms with Gasteiger partial charge in [0.1, 0.15) is 0 Å². The Morgan fingerprint density at radius 3 is 2.33 bits per heavy atom. The van der Waals surface area contributed by atoms with Crippen LogP contribution in [0, 0.1) is 17.3 Å². The van der Waals surface area contributed by atoms with Crippen LogP contribution in [0.3, 0.4) is 0 Å².